The molecule has 36 heavy (non-hydrogen) atoms. The van der Waals surface area contributed by atoms with Crippen molar-refractivity contribution in [3.8, 4) is 11.1 Å². The Labute approximate surface area is 213 Å². The SMILES string of the molecule is c1ccc(CCc2cc3ccccc3c(CCc3ccccc3)c2-c2ccc3ccccc3c2)cc1. The molecule has 0 saturated carbocycles. The Bertz CT molecular complexity index is 1610. The molecule has 0 aromatic heterocycles. The second kappa shape index (κ2) is 10.2. The van der Waals surface area contributed by atoms with Crippen LogP contribution < -0.4 is 0 Å². The lowest BCUT2D eigenvalue weighted by Gasteiger charge is -2.20. The number of hydrogen-bond donors (Lipinski definition) is 0. The Hall–Kier alpha value is -4.16. The molecule has 0 aliphatic rings. The van der Waals surface area contributed by atoms with E-state index in [0.717, 1.165) is 25.7 Å². The van der Waals surface area contributed by atoms with Gasteiger partial charge in [-0.15, -0.1) is 0 Å². The molecule has 0 unspecified atom stereocenters. The number of fused-ring (bicyclic) bond motifs is 2. The van der Waals surface area contributed by atoms with Gasteiger partial charge in [-0.3, -0.25) is 0 Å². The molecule has 0 atom stereocenters. The number of aryl methyl sites for hydroxylation is 4. The molecular weight excluding hydrogens is 432 g/mol. The molecule has 0 spiro atoms. The summed E-state index contributed by atoms with van der Waals surface area (Å²) >= 11 is 0. The van der Waals surface area contributed by atoms with Gasteiger partial charge in [-0.05, 0) is 86.7 Å². The molecule has 0 aliphatic heterocycles. The van der Waals surface area contributed by atoms with Crippen molar-refractivity contribution >= 4 is 21.5 Å². The highest BCUT2D eigenvalue weighted by Gasteiger charge is 2.16. The van der Waals surface area contributed by atoms with Gasteiger partial charge in [-0.2, -0.15) is 0 Å². The topological polar surface area (TPSA) is 0 Å². The second-order valence-electron chi connectivity index (χ2n) is 9.64. The van der Waals surface area contributed by atoms with Crippen LogP contribution >= 0.6 is 0 Å². The van der Waals surface area contributed by atoms with Crippen LogP contribution in [0.5, 0.6) is 0 Å². The Kier molecular flexibility index (Phi) is 6.33. The molecule has 0 fully saturated rings. The van der Waals surface area contributed by atoms with Crippen molar-refractivity contribution < 1.29 is 0 Å². The van der Waals surface area contributed by atoms with Crippen molar-refractivity contribution in [2.24, 2.45) is 0 Å². The van der Waals surface area contributed by atoms with Gasteiger partial charge in [0.15, 0.2) is 0 Å². The molecule has 0 N–H and O–H groups in total. The van der Waals surface area contributed by atoms with Crippen LogP contribution in [-0.4, -0.2) is 0 Å². The fourth-order valence-electron chi connectivity index (χ4n) is 5.49. The zero-order valence-corrected chi connectivity index (χ0v) is 20.5. The normalized spacial score (nSPS) is 11.2. The zero-order chi connectivity index (χ0) is 24.2. The van der Waals surface area contributed by atoms with Crippen LogP contribution in [0.3, 0.4) is 0 Å². The average Bonchev–Trinajstić information content (AvgIpc) is 2.95. The van der Waals surface area contributed by atoms with Gasteiger partial charge in [-0.25, -0.2) is 0 Å². The molecule has 0 heterocycles. The van der Waals surface area contributed by atoms with Gasteiger partial charge in [-0.1, -0.05) is 127 Å². The maximum atomic E-state index is 2.44. The van der Waals surface area contributed by atoms with Gasteiger partial charge in [0.1, 0.15) is 0 Å². The van der Waals surface area contributed by atoms with Crippen LogP contribution in [0, 0.1) is 0 Å². The minimum absolute atomic E-state index is 1.02. The van der Waals surface area contributed by atoms with Crippen LogP contribution in [0.2, 0.25) is 0 Å². The fraction of sp³-hybridized carbons (Fsp3) is 0.111. The molecule has 0 amide bonds. The highest BCUT2D eigenvalue weighted by molar-refractivity contribution is 5.96. The summed E-state index contributed by atoms with van der Waals surface area (Å²) in [5.74, 6) is 0. The predicted molar refractivity (Wildman–Crippen MR) is 155 cm³/mol. The minimum Gasteiger partial charge on any atom is -0.0622 e. The summed E-state index contributed by atoms with van der Waals surface area (Å²) in [4.78, 5) is 0. The Balaban J connectivity index is 1.52. The predicted octanol–water partition coefficient (Wildman–Crippen LogP) is 9.23. The summed E-state index contributed by atoms with van der Waals surface area (Å²) in [6.45, 7) is 0. The summed E-state index contributed by atoms with van der Waals surface area (Å²) in [6, 6.07) is 48.8. The van der Waals surface area contributed by atoms with E-state index in [4.69, 9.17) is 0 Å². The van der Waals surface area contributed by atoms with Gasteiger partial charge in [0, 0.05) is 0 Å². The van der Waals surface area contributed by atoms with Gasteiger partial charge < -0.3 is 0 Å². The van der Waals surface area contributed by atoms with Crippen molar-refractivity contribution in [3.63, 3.8) is 0 Å². The molecule has 6 rings (SSSR count). The molecule has 0 saturated heterocycles. The lowest BCUT2D eigenvalue weighted by atomic mass is 9.84. The third-order valence-corrected chi connectivity index (χ3v) is 7.31. The van der Waals surface area contributed by atoms with E-state index in [1.54, 1.807) is 0 Å². The van der Waals surface area contributed by atoms with E-state index < -0.39 is 0 Å². The van der Waals surface area contributed by atoms with E-state index in [0.29, 0.717) is 0 Å². The number of benzene rings is 6. The lowest BCUT2D eigenvalue weighted by molar-refractivity contribution is 0.942. The third-order valence-electron chi connectivity index (χ3n) is 7.31. The zero-order valence-electron chi connectivity index (χ0n) is 20.5. The van der Waals surface area contributed by atoms with E-state index in [2.05, 4.69) is 133 Å². The fourth-order valence-corrected chi connectivity index (χ4v) is 5.49. The van der Waals surface area contributed by atoms with E-state index in [1.165, 1.54) is 54.9 Å². The van der Waals surface area contributed by atoms with Gasteiger partial charge in [0.25, 0.3) is 0 Å². The van der Waals surface area contributed by atoms with E-state index >= 15 is 0 Å². The minimum atomic E-state index is 1.02. The third kappa shape index (κ3) is 4.68. The first kappa shape index (κ1) is 22.3. The molecular formula is C36H30. The van der Waals surface area contributed by atoms with Crippen molar-refractivity contribution in [1.29, 1.82) is 0 Å². The highest BCUT2D eigenvalue weighted by Crippen LogP contribution is 2.37. The van der Waals surface area contributed by atoms with E-state index in [-0.39, 0.29) is 0 Å². The summed E-state index contributed by atoms with van der Waals surface area (Å²) < 4.78 is 0. The first-order valence-corrected chi connectivity index (χ1v) is 13.0. The van der Waals surface area contributed by atoms with Crippen LogP contribution in [0.15, 0.2) is 133 Å². The van der Waals surface area contributed by atoms with Crippen molar-refractivity contribution in [3.05, 3.63) is 156 Å². The molecule has 0 nitrogen and oxygen atoms in total. The molecule has 0 radical (unpaired) electrons. The maximum Gasteiger partial charge on any atom is -0.0113 e. The second-order valence-corrected chi connectivity index (χ2v) is 9.64. The monoisotopic (exact) mass is 462 g/mol. The maximum absolute atomic E-state index is 2.44. The molecule has 0 aliphatic carbocycles. The quantitative estimate of drug-likeness (QED) is 0.222. The molecule has 0 bridgehead atoms. The molecule has 6 aromatic rings. The Morgan fingerprint density at radius 1 is 0.389 bits per heavy atom. The molecule has 6 aromatic carbocycles. The van der Waals surface area contributed by atoms with E-state index in [9.17, 15) is 0 Å². The smallest absolute Gasteiger partial charge is 0.0113 e. The summed E-state index contributed by atoms with van der Waals surface area (Å²) in [7, 11) is 0. The van der Waals surface area contributed by atoms with Gasteiger partial charge in [0.05, 0.1) is 0 Å². The van der Waals surface area contributed by atoms with Crippen LogP contribution in [0.4, 0.5) is 0 Å². The number of rotatable bonds is 7. The Morgan fingerprint density at radius 2 is 0.972 bits per heavy atom. The summed E-state index contributed by atoms with van der Waals surface area (Å²) in [6.07, 6.45) is 4.12. The van der Waals surface area contributed by atoms with E-state index in [1.807, 2.05) is 0 Å². The van der Waals surface area contributed by atoms with Crippen molar-refractivity contribution in [2.75, 3.05) is 0 Å². The van der Waals surface area contributed by atoms with Crippen LogP contribution in [0.25, 0.3) is 32.7 Å². The standard InChI is InChI=1S/C36H30/c1-3-11-27(12-4-1)19-21-32-26-31-17-9-10-18-34(31)35(24-20-28-13-5-2-6-14-28)36(32)33-23-22-29-15-7-8-16-30(29)25-33/h1-18,22-23,25-26H,19-21,24H2. The largest absolute Gasteiger partial charge is 0.0622 e. The van der Waals surface area contributed by atoms with Crippen LogP contribution in [-0.2, 0) is 25.7 Å². The average molecular weight is 463 g/mol. The van der Waals surface area contributed by atoms with Crippen molar-refractivity contribution in [2.45, 2.75) is 25.7 Å². The van der Waals surface area contributed by atoms with Crippen LogP contribution in [0.1, 0.15) is 22.3 Å². The summed E-state index contributed by atoms with van der Waals surface area (Å²) in [5, 5.41) is 5.30. The first-order valence-electron chi connectivity index (χ1n) is 13.0. The molecule has 174 valence electrons. The summed E-state index contributed by atoms with van der Waals surface area (Å²) in [5.41, 5.74) is 8.43. The number of hydrogen-bond acceptors (Lipinski definition) is 0. The first-order chi connectivity index (χ1) is 17.8. The van der Waals surface area contributed by atoms with Crippen molar-refractivity contribution in [1.82, 2.24) is 0 Å². The highest BCUT2D eigenvalue weighted by atomic mass is 14.2. The Morgan fingerprint density at radius 3 is 1.69 bits per heavy atom. The lowest BCUT2D eigenvalue weighted by Crippen LogP contribution is -2.02. The van der Waals surface area contributed by atoms with Gasteiger partial charge >= 0.3 is 0 Å². The molecule has 0 heteroatoms. The van der Waals surface area contributed by atoms with Gasteiger partial charge in [0.2, 0.25) is 0 Å².